The van der Waals surface area contributed by atoms with Crippen LogP contribution in [0.5, 0.6) is 11.5 Å². The minimum atomic E-state index is -0.184. The smallest absolute Gasteiger partial charge is 0.241 e. The summed E-state index contributed by atoms with van der Waals surface area (Å²) in [6.07, 6.45) is 1.39. The zero-order valence-corrected chi connectivity index (χ0v) is 13.4. The predicted molar refractivity (Wildman–Crippen MR) is 83.4 cm³/mol. The third kappa shape index (κ3) is 3.62. The first-order chi connectivity index (χ1) is 11.2. The number of hydrogen-bond acceptors (Lipinski definition) is 7. The Morgan fingerprint density at radius 1 is 1.22 bits per heavy atom. The normalized spacial score (nSPS) is 16.5. The summed E-state index contributed by atoms with van der Waals surface area (Å²) in [6.45, 7) is 2.29. The number of aliphatic hydroxyl groups excluding tert-OH is 1. The summed E-state index contributed by atoms with van der Waals surface area (Å²) in [7, 11) is 3.19. The molecule has 23 heavy (non-hydrogen) atoms. The summed E-state index contributed by atoms with van der Waals surface area (Å²) in [5.41, 5.74) is 0.812. The van der Waals surface area contributed by atoms with E-state index in [9.17, 15) is 5.11 Å². The van der Waals surface area contributed by atoms with E-state index in [1.54, 1.807) is 14.2 Å². The van der Waals surface area contributed by atoms with E-state index in [2.05, 4.69) is 15.0 Å². The van der Waals surface area contributed by atoms with Gasteiger partial charge in [0.25, 0.3) is 0 Å². The molecule has 0 aliphatic carbocycles. The number of piperidine rings is 1. The summed E-state index contributed by atoms with van der Waals surface area (Å²) >= 11 is 0. The number of aromatic nitrogens is 2. The van der Waals surface area contributed by atoms with Gasteiger partial charge in [-0.3, -0.25) is 4.90 Å². The van der Waals surface area contributed by atoms with Crippen molar-refractivity contribution in [2.24, 2.45) is 0 Å². The monoisotopic (exact) mass is 319 g/mol. The van der Waals surface area contributed by atoms with Gasteiger partial charge in [-0.2, -0.15) is 4.98 Å². The van der Waals surface area contributed by atoms with Crippen LogP contribution >= 0.6 is 0 Å². The molecule has 1 fully saturated rings. The fourth-order valence-electron chi connectivity index (χ4n) is 2.68. The second-order valence-corrected chi connectivity index (χ2v) is 5.59. The third-order valence-electron chi connectivity index (χ3n) is 4.03. The van der Waals surface area contributed by atoms with Crippen LogP contribution in [0.25, 0.3) is 11.4 Å². The maximum Gasteiger partial charge on any atom is 0.241 e. The van der Waals surface area contributed by atoms with Gasteiger partial charge >= 0.3 is 0 Å². The molecule has 1 aromatic carbocycles. The van der Waals surface area contributed by atoms with E-state index in [1.807, 2.05) is 18.2 Å². The van der Waals surface area contributed by atoms with Gasteiger partial charge in [0.2, 0.25) is 11.7 Å². The summed E-state index contributed by atoms with van der Waals surface area (Å²) in [5.74, 6) is 2.39. The van der Waals surface area contributed by atoms with Crippen LogP contribution in [0.3, 0.4) is 0 Å². The van der Waals surface area contributed by atoms with E-state index >= 15 is 0 Å². The molecule has 0 spiro atoms. The number of aliphatic hydroxyl groups is 1. The van der Waals surface area contributed by atoms with Gasteiger partial charge in [0, 0.05) is 18.7 Å². The molecule has 1 saturated heterocycles. The van der Waals surface area contributed by atoms with Gasteiger partial charge in [0.05, 0.1) is 26.9 Å². The molecule has 0 unspecified atom stereocenters. The fraction of sp³-hybridized carbons (Fsp3) is 0.500. The average molecular weight is 319 g/mol. The molecule has 0 bridgehead atoms. The average Bonchev–Trinajstić information content (AvgIpc) is 3.05. The van der Waals surface area contributed by atoms with E-state index < -0.39 is 0 Å². The van der Waals surface area contributed by atoms with Crippen molar-refractivity contribution in [3.05, 3.63) is 24.1 Å². The number of methoxy groups -OCH3 is 2. The molecular weight excluding hydrogens is 298 g/mol. The van der Waals surface area contributed by atoms with Gasteiger partial charge in [-0.05, 0) is 31.0 Å². The molecule has 2 aromatic rings. The number of hydrogen-bond donors (Lipinski definition) is 1. The Morgan fingerprint density at radius 2 is 1.96 bits per heavy atom. The van der Waals surface area contributed by atoms with Gasteiger partial charge in [0.15, 0.2) is 11.5 Å². The van der Waals surface area contributed by atoms with Crippen molar-refractivity contribution >= 4 is 0 Å². The highest BCUT2D eigenvalue weighted by molar-refractivity contribution is 5.60. The highest BCUT2D eigenvalue weighted by atomic mass is 16.5. The maximum absolute atomic E-state index is 9.54. The van der Waals surface area contributed by atoms with Crippen LogP contribution in [0.4, 0.5) is 0 Å². The van der Waals surface area contributed by atoms with E-state index in [0.29, 0.717) is 29.8 Å². The molecule has 0 amide bonds. The van der Waals surface area contributed by atoms with Crippen molar-refractivity contribution in [1.29, 1.82) is 0 Å². The number of likely N-dealkylation sites (tertiary alicyclic amines) is 1. The van der Waals surface area contributed by atoms with Gasteiger partial charge in [-0.1, -0.05) is 5.16 Å². The number of rotatable bonds is 5. The van der Waals surface area contributed by atoms with Crippen LogP contribution in [0.2, 0.25) is 0 Å². The summed E-state index contributed by atoms with van der Waals surface area (Å²) in [4.78, 5) is 6.65. The molecule has 1 aliphatic heterocycles. The van der Waals surface area contributed by atoms with E-state index in [-0.39, 0.29) is 6.10 Å². The molecule has 0 atom stereocenters. The summed E-state index contributed by atoms with van der Waals surface area (Å²) in [5, 5.41) is 13.6. The number of nitrogens with zero attached hydrogens (tertiary/aromatic N) is 3. The SMILES string of the molecule is COc1ccc(-c2noc(CN3CCC(O)CC3)n2)cc1OC. The second-order valence-electron chi connectivity index (χ2n) is 5.59. The third-order valence-corrected chi connectivity index (χ3v) is 4.03. The Hall–Kier alpha value is -2.12. The Labute approximate surface area is 134 Å². The maximum atomic E-state index is 9.54. The molecule has 0 saturated carbocycles. The molecule has 1 aliphatic rings. The van der Waals surface area contributed by atoms with Crippen molar-refractivity contribution in [2.75, 3.05) is 27.3 Å². The molecule has 1 N–H and O–H groups in total. The number of ether oxygens (including phenoxy) is 2. The van der Waals surface area contributed by atoms with Crippen molar-refractivity contribution < 1.29 is 19.1 Å². The lowest BCUT2D eigenvalue weighted by Crippen LogP contribution is -2.35. The van der Waals surface area contributed by atoms with E-state index in [1.165, 1.54) is 0 Å². The first-order valence-electron chi connectivity index (χ1n) is 7.65. The quantitative estimate of drug-likeness (QED) is 0.898. The van der Waals surface area contributed by atoms with Gasteiger partial charge in [-0.25, -0.2) is 0 Å². The Morgan fingerprint density at radius 3 is 2.65 bits per heavy atom. The lowest BCUT2D eigenvalue weighted by molar-refractivity contribution is 0.0740. The zero-order valence-electron chi connectivity index (χ0n) is 13.4. The second kappa shape index (κ2) is 6.97. The van der Waals surface area contributed by atoms with Gasteiger partial charge in [0.1, 0.15) is 0 Å². The van der Waals surface area contributed by atoms with Gasteiger partial charge in [-0.15, -0.1) is 0 Å². The molecule has 124 valence electrons. The highest BCUT2D eigenvalue weighted by Gasteiger charge is 2.19. The van der Waals surface area contributed by atoms with Gasteiger partial charge < -0.3 is 19.1 Å². The van der Waals surface area contributed by atoms with Crippen LogP contribution in [0, 0.1) is 0 Å². The molecule has 1 aromatic heterocycles. The summed E-state index contributed by atoms with van der Waals surface area (Å²) in [6, 6.07) is 5.51. The lowest BCUT2D eigenvalue weighted by atomic mass is 10.1. The van der Waals surface area contributed by atoms with Crippen molar-refractivity contribution in [3.63, 3.8) is 0 Å². The Bertz CT molecular complexity index is 651. The number of benzene rings is 1. The van der Waals surface area contributed by atoms with Crippen molar-refractivity contribution in [3.8, 4) is 22.9 Å². The zero-order chi connectivity index (χ0) is 16.2. The van der Waals surface area contributed by atoms with Crippen molar-refractivity contribution in [2.45, 2.75) is 25.5 Å². The largest absolute Gasteiger partial charge is 0.493 e. The van der Waals surface area contributed by atoms with Crippen molar-refractivity contribution in [1.82, 2.24) is 15.0 Å². The Balaban J connectivity index is 1.71. The molecular formula is C16H21N3O4. The molecule has 2 heterocycles. The topological polar surface area (TPSA) is 80.9 Å². The molecule has 7 nitrogen and oxygen atoms in total. The predicted octanol–water partition coefficient (Wildman–Crippen LogP) is 1.71. The fourth-order valence-corrected chi connectivity index (χ4v) is 2.68. The van der Waals surface area contributed by atoms with Crippen LogP contribution in [-0.2, 0) is 6.54 Å². The minimum absolute atomic E-state index is 0.184. The standard InChI is InChI=1S/C16H21N3O4/c1-21-13-4-3-11(9-14(13)22-2)16-17-15(23-18-16)10-19-7-5-12(20)6-8-19/h3-4,9,12,20H,5-8,10H2,1-2H3. The first kappa shape index (κ1) is 15.8. The van der Waals surface area contributed by atoms with Crippen LogP contribution in [-0.4, -0.2) is 53.6 Å². The molecule has 0 radical (unpaired) electrons. The molecule has 7 heteroatoms. The summed E-state index contributed by atoms with van der Waals surface area (Å²) < 4.78 is 15.9. The van der Waals surface area contributed by atoms with Crippen LogP contribution in [0.15, 0.2) is 22.7 Å². The Kier molecular flexibility index (Phi) is 4.78. The minimum Gasteiger partial charge on any atom is -0.493 e. The van der Waals surface area contributed by atoms with Crippen LogP contribution < -0.4 is 9.47 Å². The van der Waals surface area contributed by atoms with E-state index in [4.69, 9.17) is 14.0 Å². The van der Waals surface area contributed by atoms with Crippen LogP contribution in [0.1, 0.15) is 18.7 Å². The van der Waals surface area contributed by atoms with E-state index in [0.717, 1.165) is 31.5 Å². The highest BCUT2D eigenvalue weighted by Crippen LogP contribution is 2.31. The first-order valence-corrected chi connectivity index (χ1v) is 7.65. The molecule has 3 rings (SSSR count). The lowest BCUT2D eigenvalue weighted by Gasteiger charge is -2.27.